The maximum atomic E-state index is 12.0. The third-order valence-corrected chi connectivity index (χ3v) is 3.39. The molecule has 1 aliphatic rings. The molecule has 0 aromatic heterocycles. The van der Waals surface area contributed by atoms with Gasteiger partial charge < -0.3 is 14.7 Å². The first kappa shape index (κ1) is 14.0. The second kappa shape index (κ2) is 6.00. The van der Waals surface area contributed by atoms with Crippen LogP contribution in [0.5, 0.6) is 0 Å². The van der Waals surface area contributed by atoms with Gasteiger partial charge in [-0.25, -0.2) is 4.79 Å². The van der Waals surface area contributed by atoms with E-state index in [9.17, 15) is 14.7 Å². The molecule has 0 aliphatic carbocycles. The van der Waals surface area contributed by atoms with Crippen molar-refractivity contribution in [3.63, 3.8) is 0 Å². The Kier molecular flexibility index (Phi) is 4.93. The number of ether oxygens (including phenoxy) is 1. The van der Waals surface area contributed by atoms with E-state index < -0.39 is 11.5 Å². The fourth-order valence-electron chi connectivity index (χ4n) is 2.25. The molecule has 1 N–H and O–H groups in total. The van der Waals surface area contributed by atoms with E-state index in [1.165, 1.54) is 4.90 Å². The Morgan fingerprint density at radius 3 is 2.71 bits per heavy atom. The van der Waals surface area contributed by atoms with E-state index in [2.05, 4.69) is 0 Å². The number of likely N-dealkylation sites (tertiary alicyclic amines) is 1. The molecule has 0 aromatic rings. The number of rotatable bonds is 5. The van der Waals surface area contributed by atoms with Crippen molar-refractivity contribution in [2.75, 3.05) is 20.3 Å². The molecule has 0 saturated carbocycles. The van der Waals surface area contributed by atoms with Crippen molar-refractivity contribution < 1.29 is 19.4 Å². The maximum Gasteiger partial charge on any atom is 0.329 e. The first-order valence-electron chi connectivity index (χ1n) is 6.05. The highest BCUT2D eigenvalue weighted by Gasteiger charge is 2.43. The number of nitrogens with zero attached hydrogens (tertiary/aromatic N) is 1. The minimum absolute atomic E-state index is 0.0772. The lowest BCUT2D eigenvalue weighted by molar-refractivity contribution is -0.161. The van der Waals surface area contributed by atoms with Crippen LogP contribution >= 0.6 is 0 Å². The van der Waals surface area contributed by atoms with Gasteiger partial charge in [0.05, 0.1) is 0 Å². The van der Waals surface area contributed by atoms with Gasteiger partial charge in [-0.05, 0) is 32.6 Å². The molecule has 5 heteroatoms. The van der Waals surface area contributed by atoms with Crippen LogP contribution in [0.3, 0.4) is 0 Å². The van der Waals surface area contributed by atoms with E-state index in [0.717, 1.165) is 12.8 Å². The van der Waals surface area contributed by atoms with E-state index in [4.69, 9.17) is 4.74 Å². The summed E-state index contributed by atoms with van der Waals surface area (Å²) in [6, 6.07) is 0. The Morgan fingerprint density at radius 1 is 1.41 bits per heavy atom. The lowest BCUT2D eigenvalue weighted by atomic mass is 9.88. The van der Waals surface area contributed by atoms with E-state index in [1.807, 2.05) is 0 Å². The Hall–Kier alpha value is -1.10. The van der Waals surface area contributed by atoms with Crippen LogP contribution in [-0.2, 0) is 14.3 Å². The van der Waals surface area contributed by atoms with E-state index in [0.29, 0.717) is 32.4 Å². The monoisotopic (exact) mass is 243 g/mol. The van der Waals surface area contributed by atoms with Gasteiger partial charge in [0.25, 0.3) is 0 Å². The zero-order valence-corrected chi connectivity index (χ0v) is 10.6. The van der Waals surface area contributed by atoms with Gasteiger partial charge in [0.1, 0.15) is 5.54 Å². The van der Waals surface area contributed by atoms with Crippen molar-refractivity contribution in [1.29, 1.82) is 0 Å². The van der Waals surface area contributed by atoms with Crippen LogP contribution in [0.15, 0.2) is 0 Å². The fourth-order valence-corrected chi connectivity index (χ4v) is 2.25. The van der Waals surface area contributed by atoms with Crippen molar-refractivity contribution in [3.8, 4) is 0 Å². The summed E-state index contributed by atoms with van der Waals surface area (Å²) in [6.07, 6.45) is 3.29. The highest BCUT2D eigenvalue weighted by molar-refractivity contribution is 5.87. The molecule has 1 amide bonds. The molecule has 0 spiro atoms. The molecule has 1 fully saturated rings. The van der Waals surface area contributed by atoms with Gasteiger partial charge in [-0.15, -0.1) is 0 Å². The zero-order chi connectivity index (χ0) is 12.9. The Labute approximate surface area is 102 Å². The van der Waals surface area contributed by atoms with Crippen LogP contribution in [0.4, 0.5) is 0 Å². The Bertz CT molecular complexity index is 292. The zero-order valence-electron chi connectivity index (χ0n) is 10.6. The standard InChI is InChI=1S/C12H21NO4/c1-12(11(15)16)7-3-4-8-13(12)10(14)6-5-9-17-2/h3-9H2,1-2H3,(H,15,16). The largest absolute Gasteiger partial charge is 0.480 e. The summed E-state index contributed by atoms with van der Waals surface area (Å²) in [5.74, 6) is -0.982. The predicted molar refractivity (Wildman–Crippen MR) is 62.7 cm³/mol. The molecule has 1 rings (SSSR count). The highest BCUT2D eigenvalue weighted by Crippen LogP contribution is 2.28. The minimum atomic E-state index is -1.03. The number of carboxylic acids is 1. The molecule has 1 aliphatic heterocycles. The van der Waals surface area contributed by atoms with Gasteiger partial charge >= 0.3 is 5.97 Å². The molecule has 0 aromatic carbocycles. The molecule has 98 valence electrons. The molecule has 0 radical (unpaired) electrons. The van der Waals surface area contributed by atoms with Gasteiger partial charge in [0.2, 0.25) is 5.91 Å². The van der Waals surface area contributed by atoms with Crippen LogP contribution in [0, 0.1) is 0 Å². The van der Waals surface area contributed by atoms with Crippen molar-refractivity contribution in [2.45, 2.75) is 44.6 Å². The maximum absolute atomic E-state index is 12.0. The lowest BCUT2D eigenvalue weighted by Crippen LogP contribution is -2.57. The molecule has 1 saturated heterocycles. The summed E-state index contributed by atoms with van der Waals surface area (Å²) in [5.41, 5.74) is -1.03. The van der Waals surface area contributed by atoms with E-state index in [-0.39, 0.29) is 5.91 Å². The SMILES string of the molecule is COCCCC(=O)N1CCCCC1(C)C(=O)O. The van der Waals surface area contributed by atoms with Gasteiger partial charge in [0, 0.05) is 26.7 Å². The number of hydrogen-bond donors (Lipinski definition) is 1. The smallest absolute Gasteiger partial charge is 0.329 e. The van der Waals surface area contributed by atoms with Gasteiger partial charge in [-0.3, -0.25) is 4.79 Å². The van der Waals surface area contributed by atoms with Crippen LogP contribution in [0.1, 0.15) is 39.0 Å². The van der Waals surface area contributed by atoms with Crippen molar-refractivity contribution >= 4 is 11.9 Å². The van der Waals surface area contributed by atoms with Gasteiger partial charge in [0.15, 0.2) is 0 Å². The topological polar surface area (TPSA) is 66.8 Å². The second-order valence-electron chi connectivity index (χ2n) is 4.68. The molecular weight excluding hydrogens is 222 g/mol. The summed E-state index contributed by atoms with van der Waals surface area (Å²) in [6.45, 7) is 2.72. The second-order valence-corrected chi connectivity index (χ2v) is 4.68. The molecule has 0 bridgehead atoms. The predicted octanol–water partition coefficient (Wildman–Crippen LogP) is 1.27. The third-order valence-electron chi connectivity index (χ3n) is 3.39. The average molecular weight is 243 g/mol. The van der Waals surface area contributed by atoms with E-state index in [1.54, 1.807) is 14.0 Å². The third kappa shape index (κ3) is 3.19. The minimum Gasteiger partial charge on any atom is -0.480 e. The normalized spacial score (nSPS) is 24.7. The number of carboxylic acid groups (broad SMARTS) is 1. The first-order chi connectivity index (χ1) is 8.02. The number of methoxy groups -OCH3 is 1. The fraction of sp³-hybridized carbons (Fsp3) is 0.833. The molecule has 1 unspecified atom stereocenters. The Balaban J connectivity index is 2.65. The van der Waals surface area contributed by atoms with Crippen molar-refractivity contribution in [2.24, 2.45) is 0 Å². The van der Waals surface area contributed by atoms with Crippen molar-refractivity contribution in [1.82, 2.24) is 4.90 Å². The van der Waals surface area contributed by atoms with Crippen LogP contribution in [0.2, 0.25) is 0 Å². The van der Waals surface area contributed by atoms with Gasteiger partial charge in [-0.1, -0.05) is 0 Å². The summed E-state index contributed by atoms with van der Waals surface area (Å²) < 4.78 is 4.89. The van der Waals surface area contributed by atoms with Gasteiger partial charge in [-0.2, -0.15) is 0 Å². The summed E-state index contributed by atoms with van der Waals surface area (Å²) in [7, 11) is 1.59. The molecule has 1 heterocycles. The first-order valence-corrected chi connectivity index (χ1v) is 6.05. The lowest BCUT2D eigenvalue weighted by Gasteiger charge is -2.41. The average Bonchev–Trinajstić information content (AvgIpc) is 2.29. The van der Waals surface area contributed by atoms with E-state index >= 15 is 0 Å². The summed E-state index contributed by atoms with van der Waals surface area (Å²) >= 11 is 0. The summed E-state index contributed by atoms with van der Waals surface area (Å²) in [5, 5.41) is 9.27. The van der Waals surface area contributed by atoms with Crippen LogP contribution < -0.4 is 0 Å². The quantitative estimate of drug-likeness (QED) is 0.738. The highest BCUT2D eigenvalue weighted by atomic mass is 16.5. The molecular formula is C12H21NO4. The molecule has 17 heavy (non-hydrogen) atoms. The number of piperidine rings is 1. The number of hydrogen-bond acceptors (Lipinski definition) is 3. The Morgan fingerprint density at radius 2 is 2.12 bits per heavy atom. The molecule has 1 atom stereocenters. The number of amides is 1. The number of aliphatic carboxylic acids is 1. The number of carbonyl (C=O) groups is 2. The molecule has 5 nitrogen and oxygen atoms in total. The van der Waals surface area contributed by atoms with Crippen LogP contribution in [-0.4, -0.2) is 47.7 Å². The summed E-state index contributed by atoms with van der Waals surface area (Å²) in [4.78, 5) is 24.8. The van der Waals surface area contributed by atoms with Crippen molar-refractivity contribution in [3.05, 3.63) is 0 Å². The number of carbonyl (C=O) groups excluding carboxylic acids is 1. The van der Waals surface area contributed by atoms with Crippen LogP contribution in [0.25, 0.3) is 0 Å².